The average molecular weight is 302 g/mol. The summed E-state index contributed by atoms with van der Waals surface area (Å²) in [6.07, 6.45) is -10.6. The number of halogens is 6. The molecule has 0 radical (unpaired) electrons. The summed E-state index contributed by atoms with van der Waals surface area (Å²) in [5.74, 6) is -2.22. The van der Waals surface area contributed by atoms with Crippen LogP contribution in [0.4, 0.5) is 26.3 Å². The van der Waals surface area contributed by atoms with Crippen molar-refractivity contribution < 1.29 is 41.0 Å². The van der Waals surface area contributed by atoms with Gasteiger partial charge in [0.25, 0.3) is 0 Å². The normalized spacial score (nSPS) is 12.3. The van der Waals surface area contributed by atoms with Gasteiger partial charge in [-0.25, -0.2) is 4.79 Å². The van der Waals surface area contributed by atoms with Gasteiger partial charge in [-0.2, -0.15) is 26.3 Å². The van der Waals surface area contributed by atoms with E-state index in [-0.39, 0.29) is 5.75 Å². The lowest BCUT2D eigenvalue weighted by molar-refractivity contribution is -0.139. The molecule has 1 aromatic rings. The number of carbonyl (C=O) groups is 1. The molecule has 0 saturated carbocycles. The number of hydrogen-bond donors (Lipinski definition) is 1. The summed E-state index contributed by atoms with van der Waals surface area (Å²) in [6, 6.07) is 1.76. The molecule has 20 heavy (non-hydrogen) atoms. The minimum absolute atomic E-state index is 0.375. The Bertz CT molecular complexity index is 492. The molecule has 0 spiro atoms. The Labute approximate surface area is 108 Å². The fraction of sp³-hybridized carbons (Fsp3) is 0.364. The zero-order valence-corrected chi connectivity index (χ0v) is 9.68. The summed E-state index contributed by atoms with van der Waals surface area (Å²) < 4.78 is 77.7. The summed E-state index contributed by atoms with van der Waals surface area (Å²) in [4.78, 5) is 10.7. The Hall–Kier alpha value is -1.93. The molecule has 0 aliphatic rings. The van der Waals surface area contributed by atoms with E-state index in [4.69, 9.17) is 5.11 Å². The van der Waals surface area contributed by atoms with E-state index in [1.165, 1.54) is 0 Å². The number of benzene rings is 1. The standard InChI is InChI=1S/C11H8F6O3/c12-10(13,14)3-4-20-6-1-2-8(11(15,16)17)7(5-6)9(18)19/h1-2,5H,3-4H2,(H,18,19). The Balaban J connectivity index is 2.92. The van der Waals surface area contributed by atoms with Gasteiger partial charge in [0.1, 0.15) is 5.75 Å². The van der Waals surface area contributed by atoms with Crippen LogP contribution in [0.5, 0.6) is 5.75 Å². The minimum atomic E-state index is -4.88. The molecule has 0 atom stereocenters. The zero-order valence-electron chi connectivity index (χ0n) is 9.68. The molecule has 9 heteroatoms. The summed E-state index contributed by atoms with van der Waals surface area (Å²) in [6.45, 7) is -0.812. The third kappa shape index (κ3) is 4.63. The number of aromatic carboxylic acids is 1. The first-order valence-electron chi connectivity index (χ1n) is 5.15. The summed E-state index contributed by atoms with van der Waals surface area (Å²) in [7, 11) is 0. The van der Waals surface area contributed by atoms with Crippen LogP contribution in [0.2, 0.25) is 0 Å². The molecule has 0 unspecified atom stereocenters. The van der Waals surface area contributed by atoms with Crippen molar-refractivity contribution in [2.45, 2.75) is 18.8 Å². The van der Waals surface area contributed by atoms with E-state index in [0.717, 1.165) is 6.07 Å². The summed E-state index contributed by atoms with van der Waals surface area (Å²) in [5.41, 5.74) is -2.48. The van der Waals surface area contributed by atoms with Crippen LogP contribution >= 0.6 is 0 Å². The molecule has 0 fully saturated rings. The number of hydrogen-bond acceptors (Lipinski definition) is 2. The maximum atomic E-state index is 12.5. The first-order chi connectivity index (χ1) is 9.00. The van der Waals surface area contributed by atoms with Gasteiger partial charge in [-0.05, 0) is 18.2 Å². The van der Waals surface area contributed by atoms with Crippen molar-refractivity contribution in [1.29, 1.82) is 0 Å². The van der Waals surface area contributed by atoms with Gasteiger partial charge >= 0.3 is 18.3 Å². The Kier molecular flexibility index (Phi) is 4.51. The maximum Gasteiger partial charge on any atom is 0.417 e. The molecule has 1 rings (SSSR count). The highest BCUT2D eigenvalue weighted by molar-refractivity contribution is 5.90. The summed E-state index contributed by atoms with van der Waals surface area (Å²) >= 11 is 0. The van der Waals surface area contributed by atoms with Gasteiger partial charge in [0.15, 0.2) is 0 Å². The molecule has 0 aromatic heterocycles. The Morgan fingerprint density at radius 1 is 1.15 bits per heavy atom. The SMILES string of the molecule is O=C(O)c1cc(OCCC(F)(F)F)ccc1C(F)(F)F. The van der Waals surface area contributed by atoms with Gasteiger partial charge in [-0.1, -0.05) is 0 Å². The number of carboxylic acids is 1. The highest BCUT2D eigenvalue weighted by atomic mass is 19.4. The van der Waals surface area contributed by atoms with Gasteiger partial charge < -0.3 is 9.84 Å². The van der Waals surface area contributed by atoms with E-state index in [0.29, 0.717) is 12.1 Å². The number of ether oxygens (including phenoxy) is 1. The van der Waals surface area contributed by atoms with Crippen LogP contribution in [-0.2, 0) is 6.18 Å². The number of alkyl halides is 6. The zero-order chi connectivity index (χ0) is 15.6. The Morgan fingerprint density at radius 3 is 2.20 bits per heavy atom. The third-order valence-electron chi connectivity index (χ3n) is 2.18. The van der Waals surface area contributed by atoms with Crippen molar-refractivity contribution in [1.82, 2.24) is 0 Å². The topological polar surface area (TPSA) is 46.5 Å². The van der Waals surface area contributed by atoms with Crippen LogP contribution in [-0.4, -0.2) is 23.9 Å². The molecule has 1 N–H and O–H groups in total. The first-order valence-corrected chi connectivity index (χ1v) is 5.15. The Morgan fingerprint density at radius 2 is 1.75 bits per heavy atom. The largest absolute Gasteiger partial charge is 0.493 e. The smallest absolute Gasteiger partial charge is 0.417 e. The van der Waals surface area contributed by atoms with E-state index in [9.17, 15) is 31.1 Å². The van der Waals surface area contributed by atoms with Crippen molar-refractivity contribution in [3.63, 3.8) is 0 Å². The molecule has 0 aliphatic carbocycles. The lowest BCUT2D eigenvalue weighted by atomic mass is 10.1. The van der Waals surface area contributed by atoms with Gasteiger partial charge in [-0.3, -0.25) is 0 Å². The van der Waals surface area contributed by atoms with Crippen LogP contribution in [0.15, 0.2) is 18.2 Å². The fourth-order valence-electron chi connectivity index (χ4n) is 1.32. The van der Waals surface area contributed by atoms with Crippen molar-refractivity contribution in [3.05, 3.63) is 29.3 Å². The number of carboxylic acid groups (broad SMARTS) is 1. The molecule has 112 valence electrons. The van der Waals surface area contributed by atoms with Crippen molar-refractivity contribution in [2.75, 3.05) is 6.61 Å². The quantitative estimate of drug-likeness (QED) is 0.862. The van der Waals surface area contributed by atoms with E-state index < -0.39 is 42.5 Å². The molecule has 0 bridgehead atoms. The summed E-state index contributed by atoms with van der Waals surface area (Å²) in [5, 5.41) is 8.67. The molecule has 0 heterocycles. The molecule has 1 aromatic carbocycles. The lowest BCUT2D eigenvalue weighted by Crippen LogP contribution is -2.15. The number of rotatable bonds is 4. The third-order valence-corrected chi connectivity index (χ3v) is 2.18. The van der Waals surface area contributed by atoms with Gasteiger partial charge in [0, 0.05) is 0 Å². The molecular formula is C11H8F6O3. The average Bonchev–Trinajstić information content (AvgIpc) is 2.25. The monoisotopic (exact) mass is 302 g/mol. The van der Waals surface area contributed by atoms with Crippen molar-refractivity contribution in [3.8, 4) is 5.75 Å². The second kappa shape index (κ2) is 5.59. The predicted octanol–water partition coefficient (Wildman–Crippen LogP) is 3.73. The molecule has 3 nitrogen and oxygen atoms in total. The second-order valence-corrected chi connectivity index (χ2v) is 3.72. The highest BCUT2D eigenvalue weighted by Gasteiger charge is 2.35. The van der Waals surface area contributed by atoms with Gasteiger partial charge in [-0.15, -0.1) is 0 Å². The molecule has 0 aliphatic heterocycles. The van der Waals surface area contributed by atoms with E-state index in [2.05, 4.69) is 4.74 Å². The maximum absolute atomic E-state index is 12.5. The second-order valence-electron chi connectivity index (χ2n) is 3.72. The highest BCUT2D eigenvalue weighted by Crippen LogP contribution is 2.34. The first kappa shape index (κ1) is 16.1. The van der Waals surface area contributed by atoms with E-state index >= 15 is 0 Å². The fourth-order valence-corrected chi connectivity index (χ4v) is 1.32. The van der Waals surface area contributed by atoms with E-state index in [1.807, 2.05) is 0 Å². The lowest BCUT2D eigenvalue weighted by Gasteiger charge is -2.13. The van der Waals surface area contributed by atoms with Crippen LogP contribution < -0.4 is 4.74 Å². The van der Waals surface area contributed by atoms with Crippen LogP contribution in [0.1, 0.15) is 22.3 Å². The van der Waals surface area contributed by atoms with Gasteiger partial charge in [0.2, 0.25) is 0 Å². The predicted molar refractivity (Wildman–Crippen MR) is 54.6 cm³/mol. The van der Waals surface area contributed by atoms with Crippen molar-refractivity contribution in [2.24, 2.45) is 0 Å². The van der Waals surface area contributed by atoms with Crippen LogP contribution in [0.25, 0.3) is 0 Å². The van der Waals surface area contributed by atoms with Gasteiger partial charge in [0.05, 0.1) is 24.2 Å². The van der Waals surface area contributed by atoms with E-state index in [1.54, 1.807) is 0 Å². The van der Waals surface area contributed by atoms with Crippen LogP contribution in [0, 0.1) is 0 Å². The van der Waals surface area contributed by atoms with Crippen molar-refractivity contribution >= 4 is 5.97 Å². The molecule has 0 amide bonds. The van der Waals surface area contributed by atoms with Crippen LogP contribution in [0.3, 0.4) is 0 Å². The minimum Gasteiger partial charge on any atom is -0.493 e. The molecular weight excluding hydrogens is 294 g/mol. The molecule has 0 saturated heterocycles.